The Balaban J connectivity index is 0.935. The molecule has 1 saturated carbocycles. The second-order valence-corrected chi connectivity index (χ2v) is 14.1. The molecule has 6 rings (SSSR count). The predicted octanol–water partition coefficient (Wildman–Crippen LogP) is -1.68. The summed E-state index contributed by atoms with van der Waals surface area (Å²) in [4.78, 5) is 20.6. The summed E-state index contributed by atoms with van der Waals surface area (Å²) in [7, 11) is 0. The van der Waals surface area contributed by atoms with E-state index >= 15 is 0 Å². The highest BCUT2D eigenvalue weighted by molar-refractivity contribution is 6.21. The van der Waals surface area contributed by atoms with E-state index in [-0.39, 0.29) is 48.5 Å². The Labute approximate surface area is 267 Å². The Bertz CT molecular complexity index is 909. The van der Waals surface area contributed by atoms with Crippen LogP contribution >= 0.6 is 11.6 Å². The zero-order chi connectivity index (χ0) is 30.5. The summed E-state index contributed by atoms with van der Waals surface area (Å²) in [6.45, 7) is 13.3. The number of hydrogen-bond acceptors (Lipinski definition) is 12. The van der Waals surface area contributed by atoms with Gasteiger partial charge in [-0.2, -0.15) is 0 Å². The molecule has 0 spiro atoms. The van der Waals surface area contributed by atoms with Crippen LogP contribution in [0.3, 0.4) is 0 Å². The molecule has 6 N–H and O–H groups in total. The van der Waals surface area contributed by atoms with Crippen LogP contribution in [0.15, 0.2) is 0 Å². The van der Waals surface area contributed by atoms with E-state index in [0.717, 1.165) is 71.6 Å². The number of β-amino-alcohol motifs (C(OH)–C–C–N with tert-alkyl or cyclic N) is 1. The van der Waals surface area contributed by atoms with E-state index in [0.29, 0.717) is 57.4 Å². The smallest absolute Gasteiger partial charge is 0.237 e. The van der Waals surface area contributed by atoms with E-state index in [4.69, 9.17) is 25.8 Å². The molecule has 9 atom stereocenters. The molecule has 0 aromatic rings. The fourth-order valence-corrected chi connectivity index (χ4v) is 8.30. The summed E-state index contributed by atoms with van der Waals surface area (Å²) < 4.78 is 17.2. The molecule has 5 heterocycles. The largest absolute Gasteiger partial charge is 0.390 e. The molecule has 0 aromatic carbocycles. The van der Waals surface area contributed by atoms with E-state index in [1.807, 2.05) is 0 Å². The number of aliphatic hydroxyl groups is 1. The standard InChI is InChI=1S/C30H55ClN8O5/c1-2-37-7-9-39(10-8-37)30-35-25(11-27(36-30)34-21-16-42-17-21)29(41)33-12-22(40)15-38-6-5-24-20(14-38)3-4-26(28(24)31)43-18-23-13-32-19-44-23/h20-28,30,32,34-36,40H,2-19H2,1H3,(H,33,41)/t20?,22-,23?,24?,25?,26?,27?,28?,30?/m0/s1. The van der Waals surface area contributed by atoms with E-state index < -0.39 is 6.10 Å². The Hall–Kier alpha value is -0.680. The highest BCUT2D eigenvalue weighted by atomic mass is 35.5. The average Bonchev–Trinajstić information content (AvgIpc) is 3.55. The van der Waals surface area contributed by atoms with Crippen LogP contribution in [0.25, 0.3) is 0 Å². The Morgan fingerprint density at radius 2 is 1.95 bits per heavy atom. The Morgan fingerprint density at radius 3 is 2.68 bits per heavy atom. The van der Waals surface area contributed by atoms with Gasteiger partial charge in [-0.15, -0.1) is 11.6 Å². The fourth-order valence-electron chi connectivity index (χ4n) is 7.77. The summed E-state index contributed by atoms with van der Waals surface area (Å²) in [5, 5.41) is 28.0. The zero-order valence-electron chi connectivity index (χ0n) is 26.3. The van der Waals surface area contributed by atoms with Crippen molar-refractivity contribution < 1.29 is 24.1 Å². The van der Waals surface area contributed by atoms with Crippen molar-refractivity contribution in [3.63, 3.8) is 0 Å². The van der Waals surface area contributed by atoms with Crippen molar-refractivity contribution in [2.75, 3.05) is 92.0 Å². The number of carbonyl (C=O) groups is 1. The highest BCUT2D eigenvalue weighted by Crippen LogP contribution is 2.40. The maximum atomic E-state index is 13.4. The number of halogens is 1. The number of rotatable bonds is 12. The maximum absolute atomic E-state index is 13.4. The van der Waals surface area contributed by atoms with Crippen molar-refractivity contribution in [2.45, 2.75) is 80.8 Å². The Morgan fingerprint density at radius 1 is 1.11 bits per heavy atom. The first kappa shape index (κ1) is 33.2. The van der Waals surface area contributed by atoms with Crippen LogP contribution in [0.2, 0.25) is 0 Å². The number of likely N-dealkylation sites (tertiary alicyclic amines) is 1. The van der Waals surface area contributed by atoms with Crippen molar-refractivity contribution in [2.24, 2.45) is 11.8 Å². The maximum Gasteiger partial charge on any atom is 0.237 e. The molecule has 252 valence electrons. The van der Waals surface area contributed by atoms with Gasteiger partial charge >= 0.3 is 0 Å². The highest BCUT2D eigenvalue weighted by Gasteiger charge is 2.42. The number of carbonyl (C=O) groups excluding carboxylic acids is 1. The van der Waals surface area contributed by atoms with Crippen LogP contribution in [-0.4, -0.2) is 166 Å². The summed E-state index contributed by atoms with van der Waals surface area (Å²) in [6, 6.07) is -0.0277. The molecule has 14 heteroatoms. The molecule has 5 saturated heterocycles. The van der Waals surface area contributed by atoms with Gasteiger partial charge in [0.15, 0.2) is 0 Å². The molecule has 5 aliphatic heterocycles. The lowest BCUT2D eigenvalue weighted by atomic mass is 9.73. The number of nitrogens with one attached hydrogen (secondary N) is 5. The van der Waals surface area contributed by atoms with E-state index in [1.165, 1.54) is 0 Å². The lowest BCUT2D eigenvalue weighted by Gasteiger charge is -2.46. The number of fused-ring (bicyclic) bond motifs is 1. The van der Waals surface area contributed by atoms with E-state index in [9.17, 15) is 9.90 Å². The minimum absolute atomic E-state index is 0.0145. The van der Waals surface area contributed by atoms with Gasteiger partial charge < -0.3 is 34.4 Å². The van der Waals surface area contributed by atoms with Gasteiger partial charge in [-0.25, -0.2) is 0 Å². The number of likely N-dealkylation sites (N-methyl/N-ethyl adjacent to an activating group) is 1. The van der Waals surface area contributed by atoms with Crippen molar-refractivity contribution in [3.05, 3.63) is 0 Å². The first-order chi connectivity index (χ1) is 21.4. The lowest BCUT2D eigenvalue weighted by molar-refractivity contribution is -0.126. The van der Waals surface area contributed by atoms with Gasteiger partial charge in [-0.1, -0.05) is 6.92 Å². The molecule has 0 aromatic heterocycles. The second-order valence-electron chi connectivity index (χ2n) is 13.6. The predicted molar refractivity (Wildman–Crippen MR) is 167 cm³/mol. The number of aliphatic hydroxyl groups excluding tert-OH is 1. The molecule has 44 heavy (non-hydrogen) atoms. The number of hydrogen-bond donors (Lipinski definition) is 6. The third kappa shape index (κ3) is 8.61. The molecule has 1 aliphatic carbocycles. The van der Waals surface area contributed by atoms with Crippen LogP contribution in [0, 0.1) is 11.8 Å². The molecular weight excluding hydrogens is 588 g/mol. The zero-order valence-corrected chi connectivity index (χ0v) is 27.1. The van der Waals surface area contributed by atoms with Crippen LogP contribution in [-0.2, 0) is 19.0 Å². The first-order valence-corrected chi connectivity index (χ1v) is 17.5. The number of piperidine rings is 1. The third-order valence-electron chi connectivity index (χ3n) is 10.5. The molecule has 8 unspecified atom stereocenters. The van der Waals surface area contributed by atoms with Crippen LogP contribution in [0.4, 0.5) is 0 Å². The van der Waals surface area contributed by atoms with E-state index in [2.05, 4.69) is 48.2 Å². The van der Waals surface area contributed by atoms with Gasteiger partial charge in [0, 0.05) is 58.8 Å². The van der Waals surface area contributed by atoms with Crippen molar-refractivity contribution >= 4 is 17.5 Å². The Kier molecular flexibility index (Phi) is 12.0. The van der Waals surface area contributed by atoms with Gasteiger partial charge in [-0.3, -0.25) is 31.0 Å². The topological polar surface area (TPSA) is 135 Å². The summed E-state index contributed by atoms with van der Waals surface area (Å²) in [6.07, 6.45) is 3.20. The fraction of sp³-hybridized carbons (Fsp3) is 0.967. The van der Waals surface area contributed by atoms with Gasteiger partial charge in [0.25, 0.3) is 0 Å². The van der Waals surface area contributed by atoms with Crippen LogP contribution < -0.4 is 26.6 Å². The molecular formula is C30H55ClN8O5. The summed E-state index contributed by atoms with van der Waals surface area (Å²) >= 11 is 6.95. The van der Waals surface area contributed by atoms with Crippen LogP contribution in [0.5, 0.6) is 0 Å². The minimum Gasteiger partial charge on any atom is -0.390 e. The van der Waals surface area contributed by atoms with Crippen molar-refractivity contribution in [1.82, 2.24) is 41.3 Å². The quantitative estimate of drug-likeness (QED) is 0.136. The second kappa shape index (κ2) is 15.9. The minimum atomic E-state index is -0.623. The summed E-state index contributed by atoms with van der Waals surface area (Å²) in [5.41, 5.74) is 0. The normalized spacial score (nSPS) is 38.6. The molecule has 1 amide bonds. The number of ether oxygens (including phenoxy) is 3. The van der Waals surface area contributed by atoms with Crippen LogP contribution in [0.1, 0.15) is 32.6 Å². The number of nitrogens with zero attached hydrogens (tertiary/aromatic N) is 3. The van der Waals surface area contributed by atoms with Crippen molar-refractivity contribution in [1.29, 1.82) is 0 Å². The number of amides is 1. The number of alkyl halides is 1. The summed E-state index contributed by atoms with van der Waals surface area (Å²) in [5.74, 6) is 0.890. The van der Waals surface area contributed by atoms with Gasteiger partial charge in [0.2, 0.25) is 5.91 Å². The lowest BCUT2D eigenvalue weighted by Crippen LogP contribution is -2.73. The molecule has 0 radical (unpaired) electrons. The van der Waals surface area contributed by atoms with Crippen molar-refractivity contribution in [3.8, 4) is 0 Å². The first-order valence-electron chi connectivity index (χ1n) is 17.0. The molecule has 6 fully saturated rings. The molecule has 6 aliphatic rings. The SMILES string of the molecule is CCN1CCN(C2NC(NC3COC3)CC(C(=O)NC[C@H](O)CN3CCC4C(CCC(OCC5CNCO5)C4Cl)C3)N2)CC1. The van der Waals surface area contributed by atoms with E-state index in [1.54, 1.807) is 0 Å². The van der Waals surface area contributed by atoms with Gasteiger partial charge in [-0.05, 0) is 44.2 Å². The average molecular weight is 643 g/mol. The van der Waals surface area contributed by atoms with Gasteiger partial charge in [0.05, 0.1) is 68.5 Å². The van der Waals surface area contributed by atoms with Gasteiger partial charge in [0.1, 0.15) is 6.29 Å². The molecule has 13 nitrogen and oxygen atoms in total. The molecule has 0 bridgehead atoms. The number of piperazine rings is 1. The third-order valence-corrected chi connectivity index (χ3v) is 11.1. The monoisotopic (exact) mass is 642 g/mol.